The summed E-state index contributed by atoms with van der Waals surface area (Å²) in [7, 11) is 0. The van der Waals surface area contributed by atoms with Crippen LogP contribution < -0.4 is 4.87 Å². The average molecular weight is 309 g/mol. The number of piperidine rings is 1. The lowest BCUT2D eigenvalue weighted by Crippen LogP contribution is -2.28. The minimum atomic E-state index is 0.0157. The quantitative estimate of drug-likeness (QED) is 0.937. The van der Waals surface area contributed by atoms with E-state index in [1.807, 2.05) is 24.3 Å². The molecule has 1 aliphatic rings. The summed E-state index contributed by atoms with van der Waals surface area (Å²) in [4.78, 5) is 18.2. The predicted octanol–water partition coefficient (Wildman–Crippen LogP) is 3.74. The molecule has 0 spiro atoms. The summed E-state index contributed by atoms with van der Waals surface area (Å²) in [6, 6.07) is 7.63. The topological polar surface area (TPSA) is 36.1 Å². The molecule has 1 aliphatic heterocycles. The first-order valence-electron chi connectivity index (χ1n) is 6.92. The molecule has 0 radical (unpaired) electrons. The molecule has 1 N–H and O–H groups in total. The van der Waals surface area contributed by atoms with Crippen LogP contribution in [0.3, 0.4) is 0 Å². The van der Waals surface area contributed by atoms with Crippen molar-refractivity contribution in [2.24, 2.45) is 0 Å². The highest BCUT2D eigenvalue weighted by molar-refractivity contribution is 7.09. The Bertz CT molecular complexity index is 626. The lowest BCUT2D eigenvalue weighted by molar-refractivity contribution is 0.223. The van der Waals surface area contributed by atoms with Crippen LogP contribution in [-0.4, -0.2) is 23.0 Å². The van der Waals surface area contributed by atoms with Crippen molar-refractivity contribution in [3.63, 3.8) is 0 Å². The normalized spacial score (nSPS) is 16.4. The highest BCUT2D eigenvalue weighted by atomic mass is 35.5. The van der Waals surface area contributed by atoms with Gasteiger partial charge in [0.05, 0.1) is 5.69 Å². The van der Waals surface area contributed by atoms with Crippen molar-refractivity contribution in [2.45, 2.75) is 25.8 Å². The molecule has 5 heteroatoms. The Morgan fingerprint density at radius 1 is 1.15 bits per heavy atom. The molecule has 1 aromatic carbocycles. The van der Waals surface area contributed by atoms with Gasteiger partial charge in [-0.15, -0.1) is 0 Å². The molecule has 3 rings (SSSR count). The highest BCUT2D eigenvalue weighted by Gasteiger charge is 2.16. The highest BCUT2D eigenvalue weighted by Crippen LogP contribution is 2.26. The molecule has 0 saturated carbocycles. The van der Waals surface area contributed by atoms with E-state index in [0.29, 0.717) is 5.02 Å². The van der Waals surface area contributed by atoms with Crippen LogP contribution in [0.25, 0.3) is 11.3 Å². The fourth-order valence-corrected chi connectivity index (χ4v) is 3.66. The lowest BCUT2D eigenvalue weighted by atomic mass is 10.1. The number of hydrogen-bond acceptors (Lipinski definition) is 3. The molecule has 0 unspecified atom stereocenters. The third kappa shape index (κ3) is 3.14. The summed E-state index contributed by atoms with van der Waals surface area (Å²) >= 11 is 7.24. The number of hydrogen-bond donors (Lipinski definition) is 1. The maximum absolute atomic E-state index is 11.7. The van der Waals surface area contributed by atoms with E-state index in [-0.39, 0.29) is 4.87 Å². The van der Waals surface area contributed by atoms with Gasteiger partial charge in [-0.05, 0) is 43.6 Å². The summed E-state index contributed by atoms with van der Waals surface area (Å²) in [5, 5.41) is 0.712. The molecule has 1 saturated heterocycles. The maximum atomic E-state index is 11.7. The van der Waals surface area contributed by atoms with E-state index in [9.17, 15) is 4.79 Å². The van der Waals surface area contributed by atoms with Gasteiger partial charge in [0.1, 0.15) is 0 Å². The van der Waals surface area contributed by atoms with Crippen LogP contribution in [-0.2, 0) is 6.54 Å². The van der Waals surface area contributed by atoms with Gasteiger partial charge < -0.3 is 4.98 Å². The van der Waals surface area contributed by atoms with Gasteiger partial charge in [-0.1, -0.05) is 41.5 Å². The molecule has 2 aromatic rings. The van der Waals surface area contributed by atoms with Gasteiger partial charge in [0.15, 0.2) is 0 Å². The number of aromatic nitrogens is 1. The number of benzene rings is 1. The second-order valence-electron chi connectivity index (χ2n) is 5.16. The SMILES string of the molecule is O=c1[nH]c(-c2ccc(Cl)cc2)c(CN2CCCCC2)s1. The summed E-state index contributed by atoms with van der Waals surface area (Å²) in [6.45, 7) is 3.12. The number of rotatable bonds is 3. The first-order valence-corrected chi connectivity index (χ1v) is 8.12. The van der Waals surface area contributed by atoms with E-state index in [0.717, 1.165) is 35.8 Å². The van der Waals surface area contributed by atoms with Gasteiger partial charge in [0.25, 0.3) is 0 Å². The number of thiazole rings is 1. The van der Waals surface area contributed by atoms with Crippen LogP contribution in [0.15, 0.2) is 29.1 Å². The van der Waals surface area contributed by atoms with Gasteiger partial charge in [-0.25, -0.2) is 0 Å². The van der Waals surface area contributed by atoms with Crippen molar-refractivity contribution in [3.8, 4) is 11.3 Å². The standard InChI is InChI=1S/C15H17ClN2OS/c16-12-6-4-11(5-7-12)14-13(20-15(19)17-14)10-18-8-2-1-3-9-18/h4-7H,1-3,8-10H2,(H,17,19). The number of nitrogens with zero attached hydrogens (tertiary/aromatic N) is 1. The summed E-state index contributed by atoms with van der Waals surface area (Å²) in [6.07, 6.45) is 3.84. The van der Waals surface area contributed by atoms with Gasteiger partial charge in [-0.3, -0.25) is 9.69 Å². The molecule has 3 nitrogen and oxygen atoms in total. The average Bonchev–Trinajstić information content (AvgIpc) is 2.81. The van der Waals surface area contributed by atoms with Crippen LogP contribution in [0.2, 0.25) is 5.02 Å². The lowest BCUT2D eigenvalue weighted by Gasteiger charge is -2.26. The molecular formula is C15H17ClN2OS. The molecular weight excluding hydrogens is 292 g/mol. The first-order chi connectivity index (χ1) is 9.72. The third-order valence-corrected chi connectivity index (χ3v) is 4.79. The minimum Gasteiger partial charge on any atom is -0.312 e. The number of nitrogens with one attached hydrogen (secondary N) is 1. The summed E-state index contributed by atoms with van der Waals surface area (Å²) in [5.41, 5.74) is 1.97. The van der Waals surface area contributed by atoms with Gasteiger partial charge >= 0.3 is 4.87 Å². The van der Waals surface area contributed by atoms with Crippen LogP contribution >= 0.6 is 22.9 Å². The van der Waals surface area contributed by atoms with E-state index < -0.39 is 0 Å². The largest absolute Gasteiger partial charge is 0.312 e. The molecule has 0 aliphatic carbocycles. The number of aromatic amines is 1. The first kappa shape index (κ1) is 13.9. The molecule has 1 fully saturated rings. The Balaban J connectivity index is 1.87. The van der Waals surface area contributed by atoms with E-state index >= 15 is 0 Å². The molecule has 2 heterocycles. The summed E-state index contributed by atoms with van der Waals surface area (Å²) < 4.78 is 0. The number of halogens is 1. The van der Waals surface area contributed by atoms with E-state index in [1.165, 1.54) is 30.6 Å². The Morgan fingerprint density at radius 2 is 1.85 bits per heavy atom. The van der Waals surface area contributed by atoms with E-state index in [1.54, 1.807) is 0 Å². The van der Waals surface area contributed by atoms with Crippen molar-refractivity contribution in [1.82, 2.24) is 9.88 Å². The smallest absolute Gasteiger partial charge is 0.305 e. The van der Waals surface area contributed by atoms with Crippen molar-refractivity contribution in [3.05, 3.63) is 43.8 Å². The molecule has 0 amide bonds. The molecule has 20 heavy (non-hydrogen) atoms. The second-order valence-corrected chi connectivity index (χ2v) is 6.66. The van der Waals surface area contributed by atoms with Crippen LogP contribution in [0.5, 0.6) is 0 Å². The minimum absolute atomic E-state index is 0.0157. The zero-order valence-corrected chi connectivity index (χ0v) is 12.8. The molecule has 106 valence electrons. The Morgan fingerprint density at radius 3 is 2.55 bits per heavy atom. The Kier molecular flexibility index (Phi) is 4.24. The van der Waals surface area contributed by atoms with Crippen molar-refractivity contribution >= 4 is 22.9 Å². The Labute approximate surface area is 127 Å². The Hall–Kier alpha value is -1.10. The van der Waals surface area contributed by atoms with E-state index in [4.69, 9.17) is 11.6 Å². The van der Waals surface area contributed by atoms with Crippen molar-refractivity contribution in [1.29, 1.82) is 0 Å². The predicted molar refractivity (Wildman–Crippen MR) is 84.5 cm³/mol. The maximum Gasteiger partial charge on any atom is 0.305 e. The zero-order chi connectivity index (χ0) is 13.9. The zero-order valence-electron chi connectivity index (χ0n) is 11.2. The molecule has 1 aromatic heterocycles. The van der Waals surface area contributed by atoms with Gasteiger partial charge in [-0.2, -0.15) is 0 Å². The second kappa shape index (κ2) is 6.12. The number of likely N-dealkylation sites (tertiary alicyclic amines) is 1. The molecule has 0 bridgehead atoms. The van der Waals surface area contributed by atoms with Gasteiger partial charge in [0, 0.05) is 16.4 Å². The number of H-pyrrole nitrogens is 1. The van der Waals surface area contributed by atoms with Crippen LogP contribution in [0.1, 0.15) is 24.1 Å². The molecule has 0 atom stereocenters. The van der Waals surface area contributed by atoms with Gasteiger partial charge in [0.2, 0.25) is 0 Å². The van der Waals surface area contributed by atoms with Crippen LogP contribution in [0.4, 0.5) is 0 Å². The van der Waals surface area contributed by atoms with E-state index in [2.05, 4.69) is 9.88 Å². The summed E-state index contributed by atoms with van der Waals surface area (Å²) in [5.74, 6) is 0. The monoisotopic (exact) mass is 308 g/mol. The van der Waals surface area contributed by atoms with Crippen molar-refractivity contribution in [2.75, 3.05) is 13.1 Å². The fraction of sp³-hybridized carbons (Fsp3) is 0.400. The fourth-order valence-electron chi connectivity index (χ4n) is 2.64. The third-order valence-electron chi connectivity index (χ3n) is 3.67. The van der Waals surface area contributed by atoms with Crippen LogP contribution in [0, 0.1) is 0 Å². The van der Waals surface area contributed by atoms with Crippen molar-refractivity contribution < 1.29 is 0 Å².